The first-order valence-electron chi connectivity index (χ1n) is 12.9. The number of benzene rings is 3. The quantitative estimate of drug-likeness (QED) is 0.186. The van der Waals surface area contributed by atoms with E-state index in [1.807, 2.05) is 72.6 Å². The van der Waals surface area contributed by atoms with Gasteiger partial charge < -0.3 is 20.1 Å². The average Bonchev–Trinajstić information content (AvgIpc) is 2.95. The second-order valence-corrected chi connectivity index (χ2v) is 10.8. The van der Waals surface area contributed by atoms with Crippen LogP contribution in [-0.4, -0.2) is 48.1 Å². The van der Waals surface area contributed by atoms with Crippen LogP contribution in [0.2, 0.25) is 0 Å². The Labute approximate surface area is 234 Å². The summed E-state index contributed by atoms with van der Waals surface area (Å²) in [5, 5.41) is 0.462. The Hall–Kier alpha value is -4.01. The average molecular weight is 540 g/mol. The van der Waals surface area contributed by atoms with Gasteiger partial charge in [0.1, 0.15) is 17.3 Å². The summed E-state index contributed by atoms with van der Waals surface area (Å²) in [6, 6.07) is 28.3. The highest BCUT2D eigenvalue weighted by atomic mass is 32.2. The first-order chi connectivity index (χ1) is 19.1. The number of pyridine rings is 1. The molecule has 0 saturated carbocycles. The number of ether oxygens (including phenoxy) is 2. The number of aromatic nitrogens is 1. The highest BCUT2D eigenvalue weighted by Gasteiger charge is 2.30. The predicted molar refractivity (Wildman–Crippen MR) is 161 cm³/mol. The minimum atomic E-state index is 0.462. The smallest absolute Gasteiger partial charge is 0.130 e. The van der Waals surface area contributed by atoms with Crippen LogP contribution in [0.15, 0.2) is 96.1 Å². The monoisotopic (exact) mass is 539 g/mol. The van der Waals surface area contributed by atoms with Gasteiger partial charge in [0.25, 0.3) is 0 Å². The molecule has 0 radical (unpaired) electrons. The summed E-state index contributed by atoms with van der Waals surface area (Å²) in [6.45, 7) is 3.49. The van der Waals surface area contributed by atoms with Gasteiger partial charge in [-0.25, -0.2) is 9.29 Å². The lowest BCUT2D eigenvalue weighted by Gasteiger charge is -2.41. The van der Waals surface area contributed by atoms with Crippen molar-refractivity contribution < 1.29 is 9.47 Å². The zero-order valence-electron chi connectivity index (χ0n) is 22.2. The Balaban J connectivity index is 1.21. The molecular weight excluding hydrogens is 506 g/mol. The summed E-state index contributed by atoms with van der Waals surface area (Å²) >= 11 is 1.90. The van der Waals surface area contributed by atoms with E-state index in [1.54, 1.807) is 26.6 Å². The summed E-state index contributed by atoms with van der Waals surface area (Å²) in [5.41, 5.74) is 11.2. The molecular formula is C31H33N5O2S. The largest absolute Gasteiger partial charge is 0.497 e. The lowest BCUT2D eigenvalue weighted by Crippen LogP contribution is -2.50. The number of hydrogen-bond donors (Lipinski definition) is 1. The van der Waals surface area contributed by atoms with Crippen LogP contribution in [0.1, 0.15) is 16.7 Å². The number of aliphatic imine (C=N–C) groups is 1. The number of nitrogens with two attached hydrogens (primary N) is 1. The van der Waals surface area contributed by atoms with Crippen molar-refractivity contribution >= 4 is 35.4 Å². The first kappa shape index (κ1) is 26.6. The summed E-state index contributed by atoms with van der Waals surface area (Å²) < 4.78 is 13.1. The van der Waals surface area contributed by atoms with Crippen molar-refractivity contribution in [3.8, 4) is 11.5 Å². The van der Waals surface area contributed by atoms with Crippen molar-refractivity contribution in [2.45, 2.75) is 18.3 Å². The van der Waals surface area contributed by atoms with Gasteiger partial charge in [-0.15, -0.1) is 0 Å². The molecule has 1 saturated heterocycles. The van der Waals surface area contributed by atoms with Gasteiger partial charge >= 0.3 is 0 Å². The molecule has 0 aliphatic carbocycles. The van der Waals surface area contributed by atoms with Gasteiger partial charge in [0.05, 0.1) is 25.2 Å². The summed E-state index contributed by atoms with van der Waals surface area (Å²) in [4.78, 5) is 11.4. The van der Waals surface area contributed by atoms with Gasteiger partial charge in [-0.2, -0.15) is 0 Å². The van der Waals surface area contributed by atoms with Crippen LogP contribution in [-0.2, 0) is 13.1 Å². The van der Waals surface area contributed by atoms with Crippen LogP contribution < -0.4 is 20.1 Å². The third-order valence-electron chi connectivity index (χ3n) is 6.57. The molecule has 1 aliphatic heterocycles. The van der Waals surface area contributed by atoms with Gasteiger partial charge in [-0.05, 0) is 47.5 Å². The van der Waals surface area contributed by atoms with E-state index in [-0.39, 0.29) is 0 Å². The number of anilines is 2. The maximum absolute atomic E-state index is 6.34. The maximum Gasteiger partial charge on any atom is 0.130 e. The molecule has 0 spiro atoms. The van der Waals surface area contributed by atoms with Crippen molar-refractivity contribution in [1.29, 1.82) is 0 Å². The second kappa shape index (κ2) is 12.7. The van der Waals surface area contributed by atoms with E-state index in [2.05, 4.69) is 43.4 Å². The molecule has 1 aromatic heterocycles. The highest BCUT2D eigenvalue weighted by Crippen LogP contribution is 2.32. The molecule has 4 aromatic rings. The fraction of sp³-hybridized carbons (Fsp3) is 0.226. The van der Waals surface area contributed by atoms with E-state index in [0.29, 0.717) is 10.9 Å². The molecule has 200 valence electrons. The SMILES string of the molecule is COc1ccc(CN(Cc2ccc(OC)cc2)SC2CN(c3cc(N)c(C=Nc4ccccc4)cn3)C2)cc1. The summed E-state index contributed by atoms with van der Waals surface area (Å²) in [7, 11) is 3.38. The van der Waals surface area contributed by atoms with E-state index in [0.717, 1.165) is 54.7 Å². The van der Waals surface area contributed by atoms with Crippen LogP contribution >= 0.6 is 11.9 Å². The third kappa shape index (κ3) is 7.10. The fourth-order valence-electron chi connectivity index (χ4n) is 4.31. The van der Waals surface area contributed by atoms with Crippen LogP contribution in [0, 0.1) is 0 Å². The molecule has 0 bridgehead atoms. The van der Waals surface area contributed by atoms with Crippen molar-refractivity contribution in [3.63, 3.8) is 0 Å². The van der Waals surface area contributed by atoms with E-state index >= 15 is 0 Å². The lowest BCUT2D eigenvalue weighted by atomic mass is 10.2. The number of hydrogen-bond acceptors (Lipinski definition) is 8. The molecule has 7 nitrogen and oxygen atoms in total. The Morgan fingerprint density at radius 1 is 0.923 bits per heavy atom. The molecule has 1 aliphatic rings. The van der Waals surface area contributed by atoms with Crippen LogP contribution in [0.4, 0.5) is 17.2 Å². The zero-order chi connectivity index (χ0) is 27.0. The second-order valence-electron chi connectivity index (χ2n) is 9.39. The molecule has 2 N–H and O–H groups in total. The number of nitrogens with zero attached hydrogens (tertiary/aromatic N) is 4. The topological polar surface area (TPSA) is 76.2 Å². The molecule has 0 atom stereocenters. The molecule has 3 aromatic carbocycles. The van der Waals surface area contributed by atoms with Gasteiger partial charge in [0.15, 0.2) is 0 Å². The number of methoxy groups -OCH3 is 2. The van der Waals surface area contributed by atoms with Gasteiger partial charge in [0, 0.05) is 55.9 Å². The van der Waals surface area contributed by atoms with Crippen molar-refractivity contribution in [3.05, 3.63) is 108 Å². The molecule has 2 heterocycles. The molecule has 0 unspecified atom stereocenters. The molecule has 1 fully saturated rings. The molecule has 0 amide bonds. The molecule has 5 rings (SSSR count). The number of nitrogen functional groups attached to an aromatic ring is 1. The van der Waals surface area contributed by atoms with Crippen LogP contribution in [0.25, 0.3) is 0 Å². The number of para-hydroxylation sites is 1. The van der Waals surface area contributed by atoms with Gasteiger partial charge in [-0.3, -0.25) is 4.99 Å². The lowest BCUT2D eigenvalue weighted by molar-refractivity contribution is 0.412. The first-order valence-corrected chi connectivity index (χ1v) is 13.7. The maximum atomic E-state index is 6.34. The summed E-state index contributed by atoms with van der Waals surface area (Å²) in [6.07, 6.45) is 3.57. The molecule has 39 heavy (non-hydrogen) atoms. The van der Waals surface area contributed by atoms with Gasteiger partial charge in [-0.1, -0.05) is 54.4 Å². The highest BCUT2D eigenvalue weighted by molar-refractivity contribution is 7.97. The van der Waals surface area contributed by atoms with Crippen molar-refractivity contribution in [2.75, 3.05) is 37.9 Å². The third-order valence-corrected chi connectivity index (χ3v) is 7.72. The van der Waals surface area contributed by atoms with E-state index in [9.17, 15) is 0 Å². The Bertz CT molecular complexity index is 1330. The summed E-state index contributed by atoms with van der Waals surface area (Å²) in [5.74, 6) is 2.64. The van der Waals surface area contributed by atoms with Gasteiger partial charge in [0.2, 0.25) is 0 Å². The Morgan fingerprint density at radius 2 is 1.51 bits per heavy atom. The van der Waals surface area contributed by atoms with Crippen molar-refractivity contribution in [2.24, 2.45) is 4.99 Å². The minimum Gasteiger partial charge on any atom is -0.497 e. The Kier molecular flexibility index (Phi) is 8.65. The Morgan fingerprint density at radius 3 is 2.05 bits per heavy atom. The number of rotatable bonds is 11. The standard InChI is InChI=1S/C31H33N5O2S/c1-37-27-12-8-23(9-13-27)19-36(20-24-10-14-28(38-2)15-11-24)39-29-21-35(22-29)31-16-30(32)25(18-34-31)17-33-26-6-4-3-5-7-26/h3-18,29H,19-22H2,1-2H3,(H2,32,34). The normalized spacial score (nSPS) is 13.6. The minimum absolute atomic E-state index is 0.462. The van der Waals surface area contributed by atoms with Crippen molar-refractivity contribution in [1.82, 2.24) is 9.29 Å². The van der Waals surface area contributed by atoms with Crippen LogP contribution in [0.3, 0.4) is 0 Å². The predicted octanol–water partition coefficient (Wildman–Crippen LogP) is 5.97. The zero-order valence-corrected chi connectivity index (χ0v) is 23.1. The van der Waals surface area contributed by atoms with E-state index in [1.165, 1.54) is 11.1 Å². The molecule has 8 heteroatoms. The van der Waals surface area contributed by atoms with E-state index in [4.69, 9.17) is 15.2 Å². The van der Waals surface area contributed by atoms with Crippen LogP contribution in [0.5, 0.6) is 11.5 Å². The fourth-order valence-corrected chi connectivity index (χ4v) is 5.67. The van der Waals surface area contributed by atoms with E-state index < -0.39 is 0 Å².